The number of aliphatic imine (C=N–C) groups is 1. The first-order chi connectivity index (χ1) is 8.89. The Morgan fingerprint density at radius 1 is 1.25 bits per heavy atom. The maximum atomic E-state index is 5.93. The number of benzene rings is 1. The highest BCUT2D eigenvalue weighted by Crippen LogP contribution is 2.48. The molecule has 0 aliphatic heterocycles. The van der Waals surface area contributed by atoms with Crippen molar-refractivity contribution < 1.29 is 0 Å². The van der Waals surface area contributed by atoms with Gasteiger partial charge in [-0.1, -0.05) is 30.3 Å². The summed E-state index contributed by atoms with van der Waals surface area (Å²) in [5, 5.41) is 3.21. The number of nitrogens with one attached hydrogen (secondary N) is 1. The highest BCUT2D eigenvalue weighted by Gasteiger charge is 2.42. The molecular weight excluding hydrogens is 361 g/mol. The molecule has 0 amide bonds. The van der Waals surface area contributed by atoms with Gasteiger partial charge in [-0.15, -0.1) is 24.0 Å². The minimum atomic E-state index is -0.0241. The number of nitrogens with two attached hydrogens (primary N) is 1. The summed E-state index contributed by atoms with van der Waals surface area (Å²) in [5.74, 6) is 0.562. The molecule has 0 unspecified atom stereocenters. The lowest BCUT2D eigenvalue weighted by Gasteiger charge is -2.21. The molecule has 0 bridgehead atoms. The standard InChI is InChI=1S/C16H25N3.HI/c1-15(2,3)19-14(17)18-12-16(9-10-16)11-13-7-5-4-6-8-13;/h4-8H,9-12H2,1-3H3,(H3,17,18,19);1H. The van der Waals surface area contributed by atoms with Crippen molar-refractivity contribution in [2.75, 3.05) is 6.54 Å². The molecular formula is C16H26IN3. The zero-order valence-electron chi connectivity index (χ0n) is 12.6. The Bertz CT molecular complexity index is 445. The molecule has 0 atom stereocenters. The van der Waals surface area contributed by atoms with E-state index in [-0.39, 0.29) is 29.5 Å². The van der Waals surface area contributed by atoms with Gasteiger partial charge >= 0.3 is 0 Å². The smallest absolute Gasteiger partial charge is 0.189 e. The molecule has 0 saturated heterocycles. The van der Waals surface area contributed by atoms with E-state index in [0.29, 0.717) is 11.4 Å². The van der Waals surface area contributed by atoms with Gasteiger partial charge in [0, 0.05) is 12.1 Å². The van der Waals surface area contributed by atoms with Crippen molar-refractivity contribution in [2.24, 2.45) is 16.1 Å². The van der Waals surface area contributed by atoms with Crippen molar-refractivity contribution in [3.05, 3.63) is 35.9 Å². The number of guanidine groups is 1. The summed E-state index contributed by atoms with van der Waals surface area (Å²) in [6.07, 6.45) is 3.63. The number of hydrogen-bond donors (Lipinski definition) is 2. The van der Waals surface area contributed by atoms with Gasteiger partial charge in [0.15, 0.2) is 5.96 Å². The molecule has 3 nitrogen and oxygen atoms in total. The molecule has 0 radical (unpaired) electrons. The molecule has 0 aromatic heterocycles. The quantitative estimate of drug-likeness (QED) is 0.473. The first-order valence-corrected chi connectivity index (χ1v) is 7.01. The fourth-order valence-electron chi connectivity index (χ4n) is 2.27. The van der Waals surface area contributed by atoms with Crippen molar-refractivity contribution in [2.45, 2.75) is 45.6 Å². The summed E-state index contributed by atoms with van der Waals surface area (Å²) in [4.78, 5) is 4.52. The van der Waals surface area contributed by atoms with Gasteiger partial charge in [-0.05, 0) is 51.0 Å². The molecule has 1 aromatic carbocycles. The Morgan fingerprint density at radius 3 is 2.35 bits per heavy atom. The Morgan fingerprint density at radius 2 is 1.85 bits per heavy atom. The monoisotopic (exact) mass is 387 g/mol. The predicted molar refractivity (Wildman–Crippen MR) is 96.6 cm³/mol. The third kappa shape index (κ3) is 5.69. The average Bonchev–Trinajstić information content (AvgIpc) is 3.06. The Balaban J connectivity index is 0.00000200. The molecule has 1 aliphatic rings. The molecule has 0 spiro atoms. The van der Waals surface area contributed by atoms with Crippen LogP contribution in [0.15, 0.2) is 35.3 Å². The molecule has 1 aliphatic carbocycles. The normalized spacial score (nSPS) is 17.2. The van der Waals surface area contributed by atoms with E-state index in [1.54, 1.807) is 0 Å². The molecule has 1 fully saturated rings. The number of halogens is 1. The van der Waals surface area contributed by atoms with Crippen LogP contribution in [0.2, 0.25) is 0 Å². The van der Waals surface area contributed by atoms with Crippen LogP contribution >= 0.6 is 24.0 Å². The van der Waals surface area contributed by atoms with E-state index in [9.17, 15) is 0 Å². The third-order valence-electron chi connectivity index (χ3n) is 3.47. The zero-order valence-corrected chi connectivity index (χ0v) is 15.0. The third-order valence-corrected chi connectivity index (χ3v) is 3.47. The van der Waals surface area contributed by atoms with Crippen LogP contribution in [0, 0.1) is 5.41 Å². The molecule has 4 heteroatoms. The lowest BCUT2D eigenvalue weighted by Crippen LogP contribution is -2.45. The lowest BCUT2D eigenvalue weighted by atomic mass is 9.97. The molecule has 1 aromatic rings. The first kappa shape index (κ1) is 17.3. The van der Waals surface area contributed by atoms with Crippen LogP contribution in [-0.4, -0.2) is 18.0 Å². The zero-order chi connectivity index (χ0) is 13.9. The van der Waals surface area contributed by atoms with Crippen LogP contribution in [0.1, 0.15) is 39.2 Å². The number of nitrogens with zero attached hydrogens (tertiary/aromatic N) is 1. The average molecular weight is 387 g/mol. The van der Waals surface area contributed by atoms with E-state index in [4.69, 9.17) is 5.73 Å². The predicted octanol–water partition coefficient (Wildman–Crippen LogP) is 3.33. The Hall–Kier alpha value is -0.780. The van der Waals surface area contributed by atoms with E-state index in [0.717, 1.165) is 13.0 Å². The molecule has 112 valence electrons. The summed E-state index contributed by atoms with van der Waals surface area (Å²) < 4.78 is 0. The maximum absolute atomic E-state index is 5.93. The van der Waals surface area contributed by atoms with E-state index < -0.39 is 0 Å². The summed E-state index contributed by atoms with van der Waals surface area (Å²) in [5.41, 5.74) is 7.66. The van der Waals surface area contributed by atoms with Gasteiger partial charge in [0.05, 0.1) is 0 Å². The molecule has 1 saturated carbocycles. The summed E-state index contributed by atoms with van der Waals surface area (Å²) >= 11 is 0. The first-order valence-electron chi connectivity index (χ1n) is 7.01. The van der Waals surface area contributed by atoms with Crippen LogP contribution in [0.3, 0.4) is 0 Å². The summed E-state index contributed by atoms with van der Waals surface area (Å²) in [6, 6.07) is 10.7. The second-order valence-electron chi connectivity index (χ2n) is 6.74. The van der Waals surface area contributed by atoms with E-state index in [2.05, 4.69) is 61.4 Å². The SMILES string of the molecule is CC(C)(C)NC(N)=NCC1(Cc2ccccc2)CC1.I. The Kier molecular flexibility index (Phi) is 5.86. The van der Waals surface area contributed by atoms with Crippen LogP contribution in [0.5, 0.6) is 0 Å². The Labute approximate surface area is 139 Å². The highest BCUT2D eigenvalue weighted by atomic mass is 127. The minimum absolute atomic E-state index is 0. The summed E-state index contributed by atoms with van der Waals surface area (Å²) in [6.45, 7) is 7.10. The van der Waals surface area contributed by atoms with Crippen molar-refractivity contribution >= 4 is 29.9 Å². The molecule has 20 heavy (non-hydrogen) atoms. The topological polar surface area (TPSA) is 50.4 Å². The van der Waals surface area contributed by atoms with E-state index in [1.807, 2.05) is 0 Å². The van der Waals surface area contributed by atoms with Gasteiger partial charge in [-0.2, -0.15) is 0 Å². The van der Waals surface area contributed by atoms with Crippen LogP contribution in [0.4, 0.5) is 0 Å². The van der Waals surface area contributed by atoms with Gasteiger partial charge in [0.2, 0.25) is 0 Å². The number of hydrogen-bond acceptors (Lipinski definition) is 1. The van der Waals surface area contributed by atoms with Gasteiger partial charge in [-0.3, -0.25) is 4.99 Å². The van der Waals surface area contributed by atoms with Crippen LogP contribution < -0.4 is 11.1 Å². The van der Waals surface area contributed by atoms with Crippen molar-refractivity contribution in [3.8, 4) is 0 Å². The van der Waals surface area contributed by atoms with E-state index in [1.165, 1.54) is 18.4 Å². The lowest BCUT2D eigenvalue weighted by molar-refractivity contribution is 0.496. The van der Waals surface area contributed by atoms with E-state index >= 15 is 0 Å². The van der Waals surface area contributed by atoms with Crippen molar-refractivity contribution in [1.29, 1.82) is 0 Å². The van der Waals surface area contributed by atoms with Crippen LogP contribution in [0.25, 0.3) is 0 Å². The van der Waals surface area contributed by atoms with Crippen LogP contribution in [-0.2, 0) is 6.42 Å². The highest BCUT2D eigenvalue weighted by molar-refractivity contribution is 14.0. The largest absolute Gasteiger partial charge is 0.370 e. The molecule has 2 rings (SSSR count). The van der Waals surface area contributed by atoms with Gasteiger partial charge < -0.3 is 11.1 Å². The fourth-order valence-corrected chi connectivity index (χ4v) is 2.27. The second kappa shape index (κ2) is 6.78. The molecule has 3 N–H and O–H groups in total. The second-order valence-corrected chi connectivity index (χ2v) is 6.74. The number of rotatable bonds is 4. The van der Waals surface area contributed by atoms with Gasteiger partial charge in [-0.25, -0.2) is 0 Å². The van der Waals surface area contributed by atoms with Gasteiger partial charge in [0.25, 0.3) is 0 Å². The molecule has 0 heterocycles. The van der Waals surface area contributed by atoms with Crippen molar-refractivity contribution in [3.63, 3.8) is 0 Å². The fraction of sp³-hybridized carbons (Fsp3) is 0.562. The van der Waals surface area contributed by atoms with Crippen molar-refractivity contribution in [1.82, 2.24) is 5.32 Å². The van der Waals surface area contributed by atoms with Gasteiger partial charge in [0.1, 0.15) is 0 Å². The summed E-state index contributed by atoms with van der Waals surface area (Å²) in [7, 11) is 0. The minimum Gasteiger partial charge on any atom is -0.370 e. The maximum Gasteiger partial charge on any atom is 0.189 e.